The minimum Gasteiger partial charge on any atom is -0.380 e. The van der Waals surface area contributed by atoms with Crippen LogP contribution in [0.15, 0.2) is 5.38 Å². The molecule has 90 valence electrons. The summed E-state index contributed by atoms with van der Waals surface area (Å²) in [5.74, 6) is 0.769. The van der Waals surface area contributed by atoms with Crippen molar-refractivity contribution in [3.63, 3.8) is 0 Å². The van der Waals surface area contributed by atoms with E-state index in [0.717, 1.165) is 25.7 Å². The van der Waals surface area contributed by atoms with Crippen LogP contribution in [0.3, 0.4) is 0 Å². The summed E-state index contributed by atoms with van der Waals surface area (Å²) in [6.45, 7) is 6.60. The van der Waals surface area contributed by atoms with Gasteiger partial charge in [-0.1, -0.05) is 0 Å². The van der Waals surface area contributed by atoms with Crippen molar-refractivity contribution >= 4 is 11.3 Å². The van der Waals surface area contributed by atoms with Crippen molar-refractivity contribution in [3.8, 4) is 0 Å². The van der Waals surface area contributed by atoms with Crippen molar-refractivity contribution in [1.82, 2.24) is 10.3 Å². The van der Waals surface area contributed by atoms with E-state index in [1.165, 1.54) is 23.5 Å². The Kier molecular flexibility index (Phi) is 4.32. The summed E-state index contributed by atoms with van der Waals surface area (Å²) in [6.07, 6.45) is 2.66. The maximum Gasteiger partial charge on any atom is 0.107 e. The fraction of sp³-hybridized carbons (Fsp3) is 0.750. The van der Waals surface area contributed by atoms with Crippen molar-refractivity contribution in [2.45, 2.75) is 45.2 Å². The minimum absolute atomic E-state index is 0.397. The Balaban J connectivity index is 1.71. The highest BCUT2D eigenvalue weighted by Gasteiger charge is 2.25. The third-order valence-electron chi connectivity index (χ3n) is 2.74. The van der Waals surface area contributed by atoms with Crippen LogP contribution in [0.1, 0.15) is 43.3 Å². The highest BCUT2D eigenvalue weighted by Crippen LogP contribution is 2.40. The highest BCUT2D eigenvalue weighted by molar-refractivity contribution is 7.09. The zero-order valence-electron chi connectivity index (χ0n) is 10.0. The molecule has 1 aliphatic rings. The number of rotatable bonds is 7. The van der Waals surface area contributed by atoms with Gasteiger partial charge in [0.15, 0.2) is 0 Å². The molecule has 0 aliphatic heterocycles. The Morgan fingerprint density at radius 2 is 2.44 bits per heavy atom. The van der Waals surface area contributed by atoms with E-state index >= 15 is 0 Å². The molecule has 0 bridgehead atoms. The molecule has 3 nitrogen and oxygen atoms in total. The van der Waals surface area contributed by atoms with Crippen LogP contribution in [0.5, 0.6) is 0 Å². The fourth-order valence-corrected chi connectivity index (χ4v) is 2.41. The van der Waals surface area contributed by atoms with E-state index in [0.29, 0.717) is 6.04 Å². The van der Waals surface area contributed by atoms with Gasteiger partial charge in [-0.15, -0.1) is 11.3 Å². The lowest BCUT2D eigenvalue weighted by Crippen LogP contribution is -2.30. The van der Waals surface area contributed by atoms with Gasteiger partial charge >= 0.3 is 0 Å². The average molecular weight is 240 g/mol. The second-order valence-electron chi connectivity index (χ2n) is 4.38. The smallest absolute Gasteiger partial charge is 0.107 e. The maximum atomic E-state index is 5.36. The molecule has 1 atom stereocenters. The van der Waals surface area contributed by atoms with Crippen molar-refractivity contribution < 1.29 is 4.74 Å². The van der Waals surface area contributed by atoms with Crippen molar-refractivity contribution in [1.29, 1.82) is 0 Å². The summed E-state index contributed by atoms with van der Waals surface area (Å²) in [5.41, 5.74) is 1.30. The molecule has 1 aromatic heterocycles. The summed E-state index contributed by atoms with van der Waals surface area (Å²) in [4.78, 5) is 4.64. The molecule has 1 saturated carbocycles. The summed E-state index contributed by atoms with van der Waals surface area (Å²) >= 11 is 1.77. The average Bonchev–Trinajstić information content (AvgIpc) is 3.03. The van der Waals surface area contributed by atoms with Crippen LogP contribution >= 0.6 is 11.3 Å². The Labute approximate surface area is 101 Å². The van der Waals surface area contributed by atoms with E-state index in [1.807, 2.05) is 6.92 Å². The van der Waals surface area contributed by atoms with Crippen LogP contribution in [0.4, 0.5) is 0 Å². The summed E-state index contributed by atoms with van der Waals surface area (Å²) in [7, 11) is 0. The molecule has 1 aliphatic carbocycles. The van der Waals surface area contributed by atoms with Gasteiger partial charge in [0, 0.05) is 30.5 Å². The summed E-state index contributed by atoms with van der Waals surface area (Å²) < 4.78 is 5.36. The molecule has 1 heterocycles. The zero-order chi connectivity index (χ0) is 11.4. The fourth-order valence-electron chi connectivity index (χ4n) is 1.59. The SMILES string of the molecule is CCOCC(C)NCc1nc(C2CC2)cs1. The van der Waals surface area contributed by atoms with Gasteiger partial charge in [0.05, 0.1) is 12.3 Å². The first-order valence-electron chi connectivity index (χ1n) is 6.05. The van der Waals surface area contributed by atoms with E-state index in [2.05, 4.69) is 22.6 Å². The first-order valence-corrected chi connectivity index (χ1v) is 6.93. The molecule has 1 fully saturated rings. The third kappa shape index (κ3) is 3.54. The van der Waals surface area contributed by atoms with Gasteiger partial charge in [-0.05, 0) is 26.7 Å². The molecule has 0 aromatic carbocycles. The maximum absolute atomic E-state index is 5.36. The molecule has 2 rings (SSSR count). The lowest BCUT2D eigenvalue weighted by Gasteiger charge is -2.11. The highest BCUT2D eigenvalue weighted by atomic mass is 32.1. The Bertz CT molecular complexity index is 323. The number of ether oxygens (including phenoxy) is 1. The third-order valence-corrected chi connectivity index (χ3v) is 3.61. The summed E-state index contributed by atoms with van der Waals surface area (Å²) in [6, 6.07) is 0.397. The topological polar surface area (TPSA) is 34.1 Å². The van der Waals surface area contributed by atoms with Crippen molar-refractivity contribution in [3.05, 3.63) is 16.1 Å². The number of nitrogens with zero attached hydrogens (tertiary/aromatic N) is 1. The Morgan fingerprint density at radius 3 is 3.12 bits per heavy atom. The first-order chi connectivity index (χ1) is 7.79. The molecule has 1 N–H and O–H groups in total. The zero-order valence-corrected chi connectivity index (χ0v) is 10.8. The molecule has 0 radical (unpaired) electrons. The van der Waals surface area contributed by atoms with E-state index < -0.39 is 0 Å². The predicted molar refractivity (Wildman–Crippen MR) is 66.9 cm³/mol. The Hall–Kier alpha value is -0.450. The quantitative estimate of drug-likeness (QED) is 0.795. The van der Waals surface area contributed by atoms with Crippen molar-refractivity contribution in [2.75, 3.05) is 13.2 Å². The number of aromatic nitrogens is 1. The van der Waals surface area contributed by atoms with Crippen molar-refractivity contribution in [2.24, 2.45) is 0 Å². The van der Waals surface area contributed by atoms with Gasteiger partial charge in [0.25, 0.3) is 0 Å². The van der Waals surface area contributed by atoms with Gasteiger partial charge in [0.2, 0.25) is 0 Å². The van der Waals surface area contributed by atoms with E-state index in [-0.39, 0.29) is 0 Å². The molecule has 16 heavy (non-hydrogen) atoms. The normalized spacial score (nSPS) is 17.6. The second-order valence-corrected chi connectivity index (χ2v) is 5.32. The molecular weight excluding hydrogens is 220 g/mol. The lowest BCUT2D eigenvalue weighted by atomic mass is 10.3. The minimum atomic E-state index is 0.397. The predicted octanol–water partition coefficient (Wildman–Crippen LogP) is 2.54. The molecular formula is C12H20N2OS. The number of thiazole rings is 1. The van der Waals surface area contributed by atoms with Gasteiger partial charge in [-0.2, -0.15) is 0 Å². The van der Waals surface area contributed by atoms with Crippen LogP contribution in [0.25, 0.3) is 0 Å². The molecule has 1 unspecified atom stereocenters. The van der Waals surface area contributed by atoms with Crippen LogP contribution in [0, 0.1) is 0 Å². The number of hydrogen-bond acceptors (Lipinski definition) is 4. The van der Waals surface area contributed by atoms with Gasteiger partial charge in [-0.3, -0.25) is 0 Å². The number of nitrogens with one attached hydrogen (secondary N) is 1. The molecule has 0 spiro atoms. The first kappa shape index (κ1) is 12.0. The van der Waals surface area contributed by atoms with Gasteiger partial charge < -0.3 is 10.1 Å². The lowest BCUT2D eigenvalue weighted by molar-refractivity contribution is 0.127. The van der Waals surface area contributed by atoms with Gasteiger partial charge in [-0.25, -0.2) is 4.98 Å². The summed E-state index contributed by atoms with van der Waals surface area (Å²) in [5, 5.41) is 6.84. The van der Waals surface area contributed by atoms with Gasteiger partial charge in [0.1, 0.15) is 5.01 Å². The standard InChI is InChI=1S/C12H20N2OS/c1-3-15-7-9(2)13-6-12-14-11(8-16-12)10-4-5-10/h8-10,13H,3-7H2,1-2H3. The Morgan fingerprint density at radius 1 is 1.62 bits per heavy atom. The van der Waals surface area contributed by atoms with Crippen LogP contribution in [-0.4, -0.2) is 24.2 Å². The monoisotopic (exact) mass is 240 g/mol. The van der Waals surface area contributed by atoms with E-state index in [9.17, 15) is 0 Å². The van der Waals surface area contributed by atoms with Crippen LogP contribution in [0.2, 0.25) is 0 Å². The molecule has 0 amide bonds. The van der Waals surface area contributed by atoms with E-state index in [4.69, 9.17) is 4.74 Å². The van der Waals surface area contributed by atoms with Crippen LogP contribution < -0.4 is 5.32 Å². The molecule has 4 heteroatoms. The molecule has 0 saturated heterocycles. The van der Waals surface area contributed by atoms with E-state index in [1.54, 1.807) is 11.3 Å². The molecule has 1 aromatic rings. The number of hydrogen-bond donors (Lipinski definition) is 1. The second kappa shape index (κ2) is 5.75. The van der Waals surface area contributed by atoms with Crippen LogP contribution in [-0.2, 0) is 11.3 Å². The largest absolute Gasteiger partial charge is 0.380 e.